The molecule has 0 unspecified atom stereocenters. The van der Waals surface area contributed by atoms with Crippen LogP contribution in [0.25, 0.3) is 0 Å². The Balaban J connectivity index is 1.75. The summed E-state index contributed by atoms with van der Waals surface area (Å²) >= 11 is 0. The second-order valence-electron chi connectivity index (χ2n) is 10.7. The lowest BCUT2D eigenvalue weighted by atomic mass is 10.0. The van der Waals surface area contributed by atoms with Gasteiger partial charge in [0.25, 0.3) is 0 Å². The van der Waals surface area contributed by atoms with Crippen molar-refractivity contribution in [2.24, 2.45) is 5.92 Å². The second-order valence-corrected chi connectivity index (χ2v) is 12.8. The Morgan fingerprint density at radius 2 is 1.67 bits per heavy atom. The molecule has 3 aromatic rings. The molecular formula is C32H39N3O7S. The van der Waals surface area contributed by atoms with E-state index in [9.17, 15) is 18.0 Å². The summed E-state index contributed by atoms with van der Waals surface area (Å²) in [6.07, 6.45) is 0.241. The van der Waals surface area contributed by atoms with Gasteiger partial charge in [0.15, 0.2) is 11.5 Å². The molecule has 1 aliphatic heterocycles. The van der Waals surface area contributed by atoms with Gasteiger partial charge in [-0.3, -0.25) is 13.9 Å². The number of benzene rings is 3. The number of methoxy groups -OCH3 is 1. The number of carbonyl (C=O) groups is 2. The van der Waals surface area contributed by atoms with E-state index in [1.54, 1.807) is 37.4 Å². The molecule has 0 radical (unpaired) electrons. The van der Waals surface area contributed by atoms with Crippen LogP contribution in [0.4, 0.5) is 5.69 Å². The lowest BCUT2D eigenvalue weighted by molar-refractivity contribution is -0.140. The first-order valence-corrected chi connectivity index (χ1v) is 15.9. The van der Waals surface area contributed by atoms with E-state index in [4.69, 9.17) is 14.2 Å². The molecule has 1 aliphatic rings. The van der Waals surface area contributed by atoms with Gasteiger partial charge in [0.05, 0.1) is 18.6 Å². The number of amides is 2. The van der Waals surface area contributed by atoms with E-state index in [1.807, 2.05) is 56.3 Å². The molecule has 43 heavy (non-hydrogen) atoms. The fraction of sp³-hybridized carbons (Fsp3) is 0.375. The van der Waals surface area contributed by atoms with E-state index in [1.165, 1.54) is 11.8 Å². The van der Waals surface area contributed by atoms with Crippen molar-refractivity contribution < 1.29 is 32.2 Å². The number of sulfonamides is 1. The van der Waals surface area contributed by atoms with E-state index in [0.29, 0.717) is 23.8 Å². The predicted molar refractivity (Wildman–Crippen MR) is 165 cm³/mol. The highest BCUT2D eigenvalue weighted by Gasteiger charge is 2.34. The van der Waals surface area contributed by atoms with E-state index < -0.39 is 28.5 Å². The smallest absolute Gasteiger partial charge is 0.244 e. The Kier molecular flexibility index (Phi) is 10.5. The summed E-state index contributed by atoms with van der Waals surface area (Å²) in [7, 11) is -2.35. The normalized spacial score (nSPS) is 13.0. The molecular weight excluding hydrogens is 570 g/mol. The highest BCUT2D eigenvalue weighted by molar-refractivity contribution is 7.92. The monoisotopic (exact) mass is 609 g/mol. The molecule has 0 fully saturated rings. The van der Waals surface area contributed by atoms with Gasteiger partial charge < -0.3 is 24.4 Å². The lowest BCUT2D eigenvalue weighted by Crippen LogP contribution is -2.53. The third-order valence-corrected chi connectivity index (χ3v) is 8.81. The molecule has 11 heteroatoms. The SMILES string of the molecule is CCS(=O)(=O)N(CC(=O)N(Cc1cccc(OC)c1)[C@H](Cc1ccccc1)C(=O)NCC(C)C)c1ccc2c(c1)OCO2. The third kappa shape index (κ3) is 8.19. The van der Waals surface area contributed by atoms with Gasteiger partial charge in [-0.05, 0) is 48.2 Å². The Bertz CT molecular complexity index is 1510. The fourth-order valence-corrected chi connectivity index (χ4v) is 5.76. The van der Waals surface area contributed by atoms with Gasteiger partial charge in [0.1, 0.15) is 18.3 Å². The second kappa shape index (κ2) is 14.3. The summed E-state index contributed by atoms with van der Waals surface area (Å²) in [5.41, 5.74) is 1.87. The van der Waals surface area contributed by atoms with Gasteiger partial charge >= 0.3 is 0 Å². The minimum Gasteiger partial charge on any atom is -0.497 e. The summed E-state index contributed by atoms with van der Waals surface area (Å²) in [4.78, 5) is 29.5. The first-order chi connectivity index (χ1) is 20.6. The average Bonchev–Trinajstić information content (AvgIpc) is 3.49. The van der Waals surface area contributed by atoms with Gasteiger partial charge in [-0.2, -0.15) is 0 Å². The quantitative estimate of drug-likeness (QED) is 0.294. The summed E-state index contributed by atoms with van der Waals surface area (Å²) < 4.78 is 44.0. The lowest BCUT2D eigenvalue weighted by Gasteiger charge is -2.34. The number of nitrogens with zero attached hydrogens (tertiary/aromatic N) is 2. The fourth-order valence-electron chi connectivity index (χ4n) is 4.70. The van der Waals surface area contributed by atoms with Crippen LogP contribution < -0.4 is 23.8 Å². The van der Waals surface area contributed by atoms with Crippen molar-refractivity contribution in [3.05, 3.63) is 83.9 Å². The highest BCUT2D eigenvalue weighted by atomic mass is 32.2. The van der Waals surface area contributed by atoms with Crippen LogP contribution in [0.2, 0.25) is 0 Å². The third-order valence-electron chi connectivity index (χ3n) is 7.07. The topological polar surface area (TPSA) is 114 Å². The Morgan fingerprint density at radius 1 is 0.953 bits per heavy atom. The van der Waals surface area contributed by atoms with Crippen molar-refractivity contribution in [2.75, 3.05) is 37.1 Å². The predicted octanol–water partition coefficient (Wildman–Crippen LogP) is 3.99. The number of hydrogen-bond donors (Lipinski definition) is 1. The van der Waals surface area contributed by atoms with Crippen molar-refractivity contribution in [3.8, 4) is 17.2 Å². The molecule has 1 heterocycles. The van der Waals surface area contributed by atoms with Crippen molar-refractivity contribution in [1.82, 2.24) is 10.2 Å². The molecule has 3 aromatic carbocycles. The molecule has 1 N–H and O–H groups in total. The van der Waals surface area contributed by atoms with Crippen LogP contribution in [0.5, 0.6) is 17.2 Å². The summed E-state index contributed by atoms with van der Waals surface area (Å²) in [5, 5.41) is 2.98. The number of carbonyl (C=O) groups excluding carboxylic acids is 2. The first kappa shape index (κ1) is 31.7. The van der Waals surface area contributed by atoms with Crippen LogP contribution in [0.3, 0.4) is 0 Å². The summed E-state index contributed by atoms with van der Waals surface area (Å²) in [6.45, 7) is 5.50. The van der Waals surface area contributed by atoms with Gasteiger partial charge in [0, 0.05) is 25.6 Å². The minimum atomic E-state index is -3.90. The van der Waals surface area contributed by atoms with Crippen LogP contribution in [0, 0.1) is 5.92 Å². The van der Waals surface area contributed by atoms with Crippen LogP contribution in [-0.2, 0) is 32.6 Å². The van der Waals surface area contributed by atoms with E-state index >= 15 is 0 Å². The van der Waals surface area contributed by atoms with Crippen molar-refractivity contribution in [2.45, 2.75) is 39.8 Å². The van der Waals surface area contributed by atoms with Crippen molar-refractivity contribution in [3.63, 3.8) is 0 Å². The zero-order valence-electron chi connectivity index (χ0n) is 25.0. The Labute approximate surface area is 253 Å². The van der Waals surface area contributed by atoms with Gasteiger partial charge in [-0.25, -0.2) is 8.42 Å². The largest absolute Gasteiger partial charge is 0.497 e. The summed E-state index contributed by atoms with van der Waals surface area (Å²) in [6, 6.07) is 20.5. The highest BCUT2D eigenvalue weighted by Crippen LogP contribution is 2.36. The number of hydrogen-bond acceptors (Lipinski definition) is 7. The van der Waals surface area contributed by atoms with Crippen LogP contribution in [-0.4, -0.2) is 63.9 Å². The molecule has 0 spiro atoms. The van der Waals surface area contributed by atoms with Crippen molar-refractivity contribution >= 4 is 27.5 Å². The molecule has 0 saturated carbocycles. The summed E-state index contributed by atoms with van der Waals surface area (Å²) in [5.74, 6) is 0.606. The minimum absolute atomic E-state index is 0.0270. The van der Waals surface area contributed by atoms with Crippen LogP contribution in [0.15, 0.2) is 72.8 Å². The van der Waals surface area contributed by atoms with Crippen LogP contribution >= 0.6 is 0 Å². The molecule has 4 rings (SSSR count). The number of nitrogens with one attached hydrogen (secondary N) is 1. The molecule has 2 amide bonds. The Hall–Kier alpha value is -4.25. The first-order valence-electron chi connectivity index (χ1n) is 14.2. The van der Waals surface area contributed by atoms with E-state index in [-0.39, 0.29) is 43.0 Å². The zero-order valence-corrected chi connectivity index (χ0v) is 25.8. The zero-order chi connectivity index (χ0) is 31.0. The standard InChI is InChI=1S/C32H39N3O7S/c1-5-43(38,39)35(26-14-15-29-30(18-26)42-22-41-29)21-31(36)34(20-25-12-9-13-27(16-25)40-4)28(32(37)33-19-23(2)3)17-24-10-7-6-8-11-24/h6-16,18,23,28H,5,17,19-22H2,1-4H3,(H,33,37)/t28-/m1/s1. The number of rotatable bonds is 14. The van der Waals surface area contributed by atoms with Crippen molar-refractivity contribution in [1.29, 1.82) is 0 Å². The maximum Gasteiger partial charge on any atom is 0.244 e. The maximum absolute atomic E-state index is 14.3. The van der Waals surface area contributed by atoms with Gasteiger partial charge in [0.2, 0.25) is 28.6 Å². The Morgan fingerprint density at radius 3 is 2.37 bits per heavy atom. The van der Waals surface area contributed by atoms with Gasteiger partial charge in [-0.1, -0.05) is 56.3 Å². The average molecular weight is 610 g/mol. The molecule has 0 bridgehead atoms. The molecule has 10 nitrogen and oxygen atoms in total. The number of fused-ring (bicyclic) bond motifs is 1. The molecule has 230 valence electrons. The van der Waals surface area contributed by atoms with E-state index in [0.717, 1.165) is 15.4 Å². The number of anilines is 1. The molecule has 0 saturated heterocycles. The molecule has 1 atom stereocenters. The van der Waals surface area contributed by atoms with Crippen LogP contribution in [0.1, 0.15) is 31.9 Å². The van der Waals surface area contributed by atoms with E-state index in [2.05, 4.69) is 5.32 Å². The maximum atomic E-state index is 14.3. The molecule has 0 aliphatic carbocycles. The van der Waals surface area contributed by atoms with Gasteiger partial charge in [-0.15, -0.1) is 0 Å². The number of ether oxygens (including phenoxy) is 3. The molecule has 0 aromatic heterocycles.